The van der Waals surface area contributed by atoms with E-state index in [9.17, 15) is 9.59 Å². The number of imide groups is 1. The summed E-state index contributed by atoms with van der Waals surface area (Å²) in [6, 6.07) is 8.82. The molecule has 0 radical (unpaired) electrons. The molecule has 3 amide bonds. The van der Waals surface area contributed by atoms with Crippen LogP contribution >= 0.6 is 0 Å². The molecule has 1 aliphatic rings. The molecule has 1 atom stereocenters. The van der Waals surface area contributed by atoms with E-state index in [0.29, 0.717) is 5.56 Å². The zero-order chi connectivity index (χ0) is 13.7. The molecule has 0 unspecified atom stereocenters. The van der Waals surface area contributed by atoms with Crippen LogP contribution in [0.25, 0.3) is 0 Å². The van der Waals surface area contributed by atoms with Gasteiger partial charge in [-0.3, -0.25) is 10.1 Å². The number of carbonyl (C=O) groups excluding carboxylic acids is 2. The van der Waals surface area contributed by atoms with E-state index in [2.05, 4.69) is 12.2 Å². The van der Waals surface area contributed by atoms with E-state index in [-0.39, 0.29) is 18.0 Å². The normalized spacial score (nSPS) is 19.0. The highest BCUT2D eigenvalue weighted by Crippen LogP contribution is 2.19. The zero-order valence-electron chi connectivity index (χ0n) is 11.3. The second-order valence-corrected chi connectivity index (χ2v) is 4.88. The van der Waals surface area contributed by atoms with Gasteiger partial charge in [0.15, 0.2) is 0 Å². The number of piperidine rings is 1. The van der Waals surface area contributed by atoms with Crippen molar-refractivity contribution in [2.24, 2.45) is 0 Å². The summed E-state index contributed by atoms with van der Waals surface area (Å²) < 4.78 is 0. The molecule has 1 N–H and O–H groups in total. The molecule has 1 aromatic rings. The Labute approximate surface area is 113 Å². The van der Waals surface area contributed by atoms with Gasteiger partial charge in [-0.2, -0.15) is 0 Å². The van der Waals surface area contributed by atoms with E-state index >= 15 is 0 Å². The van der Waals surface area contributed by atoms with Crippen LogP contribution in [0.15, 0.2) is 30.3 Å². The third-order valence-electron chi connectivity index (χ3n) is 3.62. The van der Waals surface area contributed by atoms with Gasteiger partial charge in [-0.15, -0.1) is 0 Å². The van der Waals surface area contributed by atoms with Gasteiger partial charge < -0.3 is 4.90 Å². The molecule has 1 saturated heterocycles. The lowest BCUT2D eigenvalue weighted by Gasteiger charge is -2.34. The van der Waals surface area contributed by atoms with Crippen LogP contribution in [0, 0.1) is 0 Å². The maximum absolute atomic E-state index is 12.1. The van der Waals surface area contributed by atoms with Crippen molar-refractivity contribution in [3.8, 4) is 0 Å². The molecule has 1 aliphatic heterocycles. The van der Waals surface area contributed by atoms with Crippen LogP contribution in [0.2, 0.25) is 0 Å². The Bertz CT molecular complexity index is 445. The maximum Gasteiger partial charge on any atom is 0.324 e. The average Bonchev–Trinajstić information content (AvgIpc) is 2.48. The van der Waals surface area contributed by atoms with Crippen LogP contribution in [0.5, 0.6) is 0 Å². The molecule has 0 saturated carbocycles. The maximum atomic E-state index is 12.1. The second-order valence-electron chi connectivity index (χ2n) is 4.88. The lowest BCUT2D eigenvalue weighted by molar-refractivity contribution is 0.0933. The van der Waals surface area contributed by atoms with Crippen molar-refractivity contribution in [3.63, 3.8) is 0 Å². The summed E-state index contributed by atoms with van der Waals surface area (Å²) in [5, 5.41) is 2.48. The minimum atomic E-state index is -0.328. The quantitative estimate of drug-likeness (QED) is 0.889. The molecule has 0 bridgehead atoms. The molecular formula is C15H20N2O2. The van der Waals surface area contributed by atoms with Gasteiger partial charge in [-0.1, -0.05) is 25.1 Å². The van der Waals surface area contributed by atoms with Crippen molar-refractivity contribution in [2.75, 3.05) is 6.54 Å². The van der Waals surface area contributed by atoms with E-state index in [0.717, 1.165) is 32.2 Å². The van der Waals surface area contributed by atoms with Crippen molar-refractivity contribution in [1.82, 2.24) is 10.2 Å². The third-order valence-corrected chi connectivity index (χ3v) is 3.62. The molecule has 1 aromatic carbocycles. The molecule has 2 rings (SSSR count). The molecule has 4 heteroatoms. The van der Waals surface area contributed by atoms with Crippen LogP contribution in [0.1, 0.15) is 43.0 Å². The summed E-state index contributed by atoms with van der Waals surface area (Å²) in [6.45, 7) is 2.82. The Morgan fingerprint density at radius 1 is 1.26 bits per heavy atom. The van der Waals surface area contributed by atoms with E-state index in [1.807, 2.05) is 6.07 Å². The summed E-state index contributed by atoms with van der Waals surface area (Å²) in [5.74, 6) is -0.328. The third kappa shape index (κ3) is 3.34. The number of urea groups is 1. The van der Waals surface area contributed by atoms with Crippen molar-refractivity contribution in [1.29, 1.82) is 0 Å². The Hall–Kier alpha value is -1.84. The Kier molecular flexibility index (Phi) is 4.55. The molecule has 1 fully saturated rings. The van der Waals surface area contributed by atoms with Gasteiger partial charge in [0.2, 0.25) is 0 Å². The van der Waals surface area contributed by atoms with Crippen molar-refractivity contribution in [2.45, 2.75) is 38.6 Å². The predicted octanol–water partition coefficient (Wildman–Crippen LogP) is 2.80. The first kappa shape index (κ1) is 13.6. The number of benzene rings is 1. The average molecular weight is 260 g/mol. The summed E-state index contributed by atoms with van der Waals surface area (Å²) in [7, 11) is 0. The molecule has 0 spiro atoms. The predicted molar refractivity (Wildman–Crippen MR) is 73.9 cm³/mol. The van der Waals surface area contributed by atoms with Crippen LogP contribution in [0.3, 0.4) is 0 Å². The number of amides is 3. The fraction of sp³-hybridized carbons (Fsp3) is 0.467. The van der Waals surface area contributed by atoms with Crippen LogP contribution in [-0.4, -0.2) is 29.4 Å². The largest absolute Gasteiger partial charge is 0.324 e. The number of likely N-dealkylation sites (tertiary alicyclic amines) is 1. The molecule has 19 heavy (non-hydrogen) atoms. The number of carbonyl (C=O) groups is 2. The topological polar surface area (TPSA) is 49.4 Å². The van der Waals surface area contributed by atoms with E-state index in [1.54, 1.807) is 29.2 Å². The SMILES string of the molecule is CC[C@H]1CCCCN1C(=O)NC(=O)c1ccccc1. The highest BCUT2D eigenvalue weighted by atomic mass is 16.2. The van der Waals surface area contributed by atoms with Gasteiger partial charge in [0.05, 0.1) is 0 Å². The molecule has 1 heterocycles. The smallest absolute Gasteiger partial charge is 0.321 e. The van der Waals surface area contributed by atoms with Gasteiger partial charge in [-0.25, -0.2) is 4.79 Å². The van der Waals surface area contributed by atoms with Gasteiger partial charge in [0.25, 0.3) is 5.91 Å². The van der Waals surface area contributed by atoms with E-state index in [1.165, 1.54) is 0 Å². The molecule has 102 valence electrons. The number of nitrogens with one attached hydrogen (secondary N) is 1. The monoisotopic (exact) mass is 260 g/mol. The fourth-order valence-corrected chi connectivity index (χ4v) is 2.52. The highest BCUT2D eigenvalue weighted by Gasteiger charge is 2.26. The highest BCUT2D eigenvalue weighted by molar-refractivity contribution is 6.04. The van der Waals surface area contributed by atoms with E-state index in [4.69, 9.17) is 0 Å². The van der Waals surface area contributed by atoms with Crippen molar-refractivity contribution < 1.29 is 9.59 Å². The first-order valence-electron chi connectivity index (χ1n) is 6.89. The second kappa shape index (κ2) is 6.36. The summed E-state index contributed by atoms with van der Waals surface area (Å²) in [6.07, 6.45) is 4.15. The standard InChI is InChI=1S/C15H20N2O2/c1-2-13-10-6-7-11-17(13)15(19)16-14(18)12-8-4-3-5-9-12/h3-5,8-9,13H,2,6-7,10-11H2,1H3,(H,16,18,19)/t13-/m0/s1. The molecule has 0 aromatic heterocycles. The molecular weight excluding hydrogens is 240 g/mol. The first-order chi connectivity index (χ1) is 9.22. The minimum absolute atomic E-state index is 0.261. The van der Waals surface area contributed by atoms with Gasteiger partial charge in [0.1, 0.15) is 0 Å². The Morgan fingerprint density at radius 2 is 2.00 bits per heavy atom. The summed E-state index contributed by atoms with van der Waals surface area (Å²) in [4.78, 5) is 25.9. The number of hydrogen-bond acceptors (Lipinski definition) is 2. The lowest BCUT2D eigenvalue weighted by atomic mass is 10.0. The first-order valence-corrected chi connectivity index (χ1v) is 6.89. The van der Waals surface area contributed by atoms with Crippen LogP contribution in [-0.2, 0) is 0 Å². The Balaban J connectivity index is 1.98. The number of nitrogens with zero attached hydrogens (tertiary/aromatic N) is 1. The Morgan fingerprint density at radius 3 is 2.68 bits per heavy atom. The van der Waals surface area contributed by atoms with Gasteiger partial charge in [-0.05, 0) is 37.8 Å². The van der Waals surface area contributed by atoms with Crippen molar-refractivity contribution in [3.05, 3.63) is 35.9 Å². The van der Waals surface area contributed by atoms with Crippen LogP contribution in [0.4, 0.5) is 4.79 Å². The van der Waals surface area contributed by atoms with Gasteiger partial charge >= 0.3 is 6.03 Å². The summed E-state index contributed by atoms with van der Waals surface area (Å²) in [5.41, 5.74) is 0.515. The van der Waals surface area contributed by atoms with Gasteiger partial charge in [0, 0.05) is 18.2 Å². The number of rotatable bonds is 2. The molecule has 0 aliphatic carbocycles. The fourth-order valence-electron chi connectivity index (χ4n) is 2.52. The minimum Gasteiger partial charge on any atom is -0.321 e. The number of hydrogen-bond donors (Lipinski definition) is 1. The molecule has 4 nitrogen and oxygen atoms in total. The lowest BCUT2D eigenvalue weighted by Crippen LogP contribution is -2.49. The zero-order valence-corrected chi connectivity index (χ0v) is 11.3. The van der Waals surface area contributed by atoms with Crippen LogP contribution < -0.4 is 5.32 Å². The van der Waals surface area contributed by atoms with Crippen molar-refractivity contribution >= 4 is 11.9 Å². The summed E-state index contributed by atoms with van der Waals surface area (Å²) >= 11 is 0. The van der Waals surface area contributed by atoms with E-state index < -0.39 is 0 Å².